The topological polar surface area (TPSA) is 35.2 Å². The average molecular weight is 248 g/mol. The van der Waals surface area contributed by atoms with Crippen molar-refractivity contribution in [3.8, 4) is 0 Å². The molecule has 1 aromatic rings. The summed E-state index contributed by atoms with van der Waals surface area (Å²) in [6.45, 7) is 0.652. The summed E-state index contributed by atoms with van der Waals surface area (Å²) in [5, 5.41) is 0.141. The van der Waals surface area contributed by atoms with Gasteiger partial charge in [0, 0.05) is 11.6 Å². The highest BCUT2D eigenvalue weighted by atomic mass is 35.5. The molecule has 1 aliphatic rings. The van der Waals surface area contributed by atoms with Gasteiger partial charge in [-0.25, -0.2) is 8.78 Å². The maximum Gasteiger partial charge on any atom is 0.160 e. The van der Waals surface area contributed by atoms with E-state index in [9.17, 15) is 8.78 Å². The lowest BCUT2D eigenvalue weighted by atomic mass is 10.00. The predicted molar refractivity (Wildman–Crippen MR) is 57.3 cm³/mol. The molecule has 88 valence electrons. The van der Waals surface area contributed by atoms with Crippen LogP contribution in [0.4, 0.5) is 8.78 Å². The maximum absolute atomic E-state index is 13.1. The van der Waals surface area contributed by atoms with Crippen LogP contribution in [0, 0.1) is 11.6 Å². The number of benzene rings is 1. The lowest BCUT2D eigenvalue weighted by molar-refractivity contribution is 0.0899. The molecular weight excluding hydrogens is 236 g/mol. The molecule has 5 heteroatoms. The first-order valence-corrected chi connectivity index (χ1v) is 5.49. The van der Waals surface area contributed by atoms with Crippen LogP contribution in [0.3, 0.4) is 0 Å². The highest BCUT2D eigenvalue weighted by Crippen LogP contribution is 2.30. The maximum atomic E-state index is 13.1. The highest BCUT2D eigenvalue weighted by molar-refractivity contribution is 6.31. The lowest BCUT2D eigenvalue weighted by Gasteiger charge is -2.20. The Kier molecular flexibility index (Phi) is 3.42. The Morgan fingerprint density at radius 1 is 1.38 bits per heavy atom. The third kappa shape index (κ3) is 2.19. The Bertz CT molecular complexity index is 394. The summed E-state index contributed by atoms with van der Waals surface area (Å²) in [6, 6.07) is 1.48. The van der Waals surface area contributed by atoms with Gasteiger partial charge in [-0.1, -0.05) is 11.6 Å². The van der Waals surface area contributed by atoms with Crippen LogP contribution in [-0.2, 0) is 4.74 Å². The molecule has 0 spiro atoms. The van der Waals surface area contributed by atoms with Crippen LogP contribution in [0.1, 0.15) is 24.4 Å². The fourth-order valence-corrected chi connectivity index (χ4v) is 2.16. The third-order valence-electron chi connectivity index (χ3n) is 2.76. The summed E-state index contributed by atoms with van der Waals surface area (Å²) in [7, 11) is 0. The van der Waals surface area contributed by atoms with Crippen LogP contribution >= 0.6 is 11.6 Å². The first kappa shape index (κ1) is 11.8. The molecule has 1 fully saturated rings. The molecule has 0 saturated carbocycles. The van der Waals surface area contributed by atoms with Gasteiger partial charge < -0.3 is 10.5 Å². The van der Waals surface area contributed by atoms with Crippen molar-refractivity contribution in [2.75, 3.05) is 6.61 Å². The van der Waals surface area contributed by atoms with Crippen molar-refractivity contribution in [1.82, 2.24) is 0 Å². The number of rotatable bonds is 2. The highest BCUT2D eigenvalue weighted by Gasteiger charge is 2.26. The van der Waals surface area contributed by atoms with E-state index in [1.807, 2.05) is 0 Å². The van der Waals surface area contributed by atoms with E-state index in [1.165, 1.54) is 0 Å². The van der Waals surface area contributed by atoms with Gasteiger partial charge in [-0.3, -0.25) is 0 Å². The molecule has 0 radical (unpaired) electrons. The summed E-state index contributed by atoms with van der Waals surface area (Å²) in [5.41, 5.74) is 6.32. The smallest absolute Gasteiger partial charge is 0.160 e. The zero-order valence-corrected chi connectivity index (χ0v) is 9.31. The van der Waals surface area contributed by atoms with Crippen molar-refractivity contribution in [2.24, 2.45) is 5.73 Å². The minimum absolute atomic E-state index is 0.141. The molecule has 2 nitrogen and oxygen atoms in total. The Hall–Kier alpha value is -0.710. The van der Waals surface area contributed by atoms with E-state index in [2.05, 4.69) is 0 Å². The SMILES string of the molecule is NC(c1cc(F)c(F)cc1Cl)C1CCCO1. The van der Waals surface area contributed by atoms with Gasteiger partial charge in [-0.05, 0) is 30.5 Å². The normalized spacial score (nSPS) is 22.4. The van der Waals surface area contributed by atoms with E-state index in [0.717, 1.165) is 25.0 Å². The Morgan fingerprint density at radius 3 is 2.69 bits per heavy atom. The van der Waals surface area contributed by atoms with Crippen LogP contribution in [0.2, 0.25) is 5.02 Å². The van der Waals surface area contributed by atoms with Crippen LogP contribution in [-0.4, -0.2) is 12.7 Å². The monoisotopic (exact) mass is 247 g/mol. The molecule has 0 bridgehead atoms. The van der Waals surface area contributed by atoms with Gasteiger partial charge >= 0.3 is 0 Å². The summed E-state index contributed by atoms with van der Waals surface area (Å²) in [4.78, 5) is 0. The molecule has 16 heavy (non-hydrogen) atoms. The molecule has 1 aliphatic heterocycles. The summed E-state index contributed by atoms with van der Waals surface area (Å²) in [5.74, 6) is -1.90. The second kappa shape index (κ2) is 4.65. The van der Waals surface area contributed by atoms with Gasteiger partial charge in [-0.2, -0.15) is 0 Å². The van der Waals surface area contributed by atoms with E-state index in [0.29, 0.717) is 12.2 Å². The van der Waals surface area contributed by atoms with E-state index in [-0.39, 0.29) is 11.1 Å². The molecule has 1 saturated heterocycles. The first-order chi connectivity index (χ1) is 7.59. The Morgan fingerprint density at radius 2 is 2.06 bits per heavy atom. The molecule has 0 aliphatic carbocycles. The third-order valence-corrected chi connectivity index (χ3v) is 3.09. The summed E-state index contributed by atoms with van der Waals surface area (Å²) in [6.07, 6.45) is 1.58. The van der Waals surface area contributed by atoms with Gasteiger partial charge in [0.15, 0.2) is 11.6 Å². The number of nitrogens with two attached hydrogens (primary N) is 1. The Balaban J connectivity index is 2.28. The van der Waals surface area contributed by atoms with Crippen molar-refractivity contribution < 1.29 is 13.5 Å². The summed E-state index contributed by atoms with van der Waals surface area (Å²) >= 11 is 5.83. The van der Waals surface area contributed by atoms with Gasteiger partial charge in [-0.15, -0.1) is 0 Å². The second-order valence-corrected chi connectivity index (χ2v) is 4.27. The van der Waals surface area contributed by atoms with Crippen molar-refractivity contribution >= 4 is 11.6 Å². The number of hydrogen-bond acceptors (Lipinski definition) is 2. The number of hydrogen-bond donors (Lipinski definition) is 1. The predicted octanol–water partition coefficient (Wildman–Crippen LogP) is 2.80. The molecule has 0 aromatic heterocycles. The fourth-order valence-electron chi connectivity index (χ4n) is 1.88. The minimum atomic E-state index is -0.965. The van der Waals surface area contributed by atoms with Crippen LogP contribution < -0.4 is 5.73 Å². The quantitative estimate of drug-likeness (QED) is 0.816. The zero-order chi connectivity index (χ0) is 11.7. The van der Waals surface area contributed by atoms with Crippen molar-refractivity contribution in [1.29, 1.82) is 0 Å². The Labute approximate surface area is 97.3 Å². The molecule has 1 heterocycles. The first-order valence-electron chi connectivity index (χ1n) is 5.11. The van der Waals surface area contributed by atoms with Gasteiger partial charge in [0.05, 0.1) is 12.1 Å². The van der Waals surface area contributed by atoms with Crippen LogP contribution in [0.25, 0.3) is 0 Å². The van der Waals surface area contributed by atoms with E-state index in [1.54, 1.807) is 0 Å². The zero-order valence-electron chi connectivity index (χ0n) is 8.55. The summed E-state index contributed by atoms with van der Waals surface area (Å²) < 4.78 is 31.3. The van der Waals surface area contributed by atoms with Gasteiger partial charge in [0.25, 0.3) is 0 Å². The lowest BCUT2D eigenvalue weighted by Crippen LogP contribution is -2.26. The molecule has 0 amide bonds. The standard InChI is InChI=1S/C11H12ClF2NO/c12-7-5-9(14)8(13)4-6(7)11(15)10-2-1-3-16-10/h4-5,10-11H,1-3,15H2. The van der Waals surface area contributed by atoms with Crippen molar-refractivity contribution in [3.63, 3.8) is 0 Å². The molecule has 2 atom stereocenters. The van der Waals surface area contributed by atoms with Crippen molar-refractivity contribution in [3.05, 3.63) is 34.4 Å². The van der Waals surface area contributed by atoms with Crippen molar-refractivity contribution in [2.45, 2.75) is 25.0 Å². The van der Waals surface area contributed by atoms with E-state index in [4.69, 9.17) is 22.1 Å². The van der Waals surface area contributed by atoms with Gasteiger partial charge in [0.2, 0.25) is 0 Å². The molecular formula is C11H12ClF2NO. The number of halogens is 3. The van der Waals surface area contributed by atoms with Crippen LogP contribution in [0.15, 0.2) is 12.1 Å². The molecule has 2 N–H and O–H groups in total. The molecule has 1 aromatic carbocycles. The minimum Gasteiger partial charge on any atom is -0.376 e. The largest absolute Gasteiger partial charge is 0.376 e. The second-order valence-electron chi connectivity index (χ2n) is 3.87. The fraction of sp³-hybridized carbons (Fsp3) is 0.455. The van der Waals surface area contributed by atoms with E-state index >= 15 is 0 Å². The average Bonchev–Trinajstić information content (AvgIpc) is 2.75. The molecule has 2 rings (SSSR count). The van der Waals surface area contributed by atoms with Gasteiger partial charge in [0.1, 0.15) is 0 Å². The van der Waals surface area contributed by atoms with Crippen LogP contribution in [0.5, 0.6) is 0 Å². The number of ether oxygens (including phenoxy) is 1. The van der Waals surface area contributed by atoms with E-state index < -0.39 is 17.7 Å². The molecule has 2 unspecified atom stereocenters.